The molecule has 1 rings (SSSR count). The summed E-state index contributed by atoms with van der Waals surface area (Å²) in [5, 5.41) is 16.5. The maximum absolute atomic E-state index is 8.29. The van der Waals surface area contributed by atoms with Gasteiger partial charge in [0, 0.05) is 17.8 Å². The van der Waals surface area contributed by atoms with Crippen molar-refractivity contribution in [2.75, 3.05) is 6.54 Å². The smallest absolute Gasteiger partial charge is 0.139 e. The van der Waals surface area contributed by atoms with Gasteiger partial charge in [0.2, 0.25) is 0 Å². The van der Waals surface area contributed by atoms with E-state index in [0.29, 0.717) is 12.3 Å². The standard InChI is InChI=1S/C9H15N3OS/c10-9(12-13)4-1-5-11-7-8-3-2-6-14-8/h2-3,6,11,13H,1,4-5,7H2,(H2,10,12). The summed E-state index contributed by atoms with van der Waals surface area (Å²) in [4.78, 5) is 1.33. The fourth-order valence-electron chi connectivity index (χ4n) is 1.07. The molecule has 0 radical (unpaired) electrons. The van der Waals surface area contributed by atoms with Crippen molar-refractivity contribution in [1.29, 1.82) is 0 Å². The maximum atomic E-state index is 8.29. The van der Waals surface area contributed by atoms with E-state index < -0.39 is 0 Å². The van der Waals surface area contributed by atoms with Crippen LogP contribution in [0.5, 0.6) is 0 Å². The van der Waals surface area contributed by atoms with Gasteiger partial charge in [0.05, 0.1) is 0 Å². The molecule has 0 amide bonds. The molecule has 1 aromatic rings. The summed E-state index contributed by atoms with van der Waals surface area (Å²) < 4.78 is 0. The van der Waals surface area contributed by atoms with Gasteiger partial charge in [-0.15, -0.1) is 11.3 Å². The molecule has 1 heterocycles. The zero-order chi connectivity index (χ0) is 10.2. The van der Waals surface area contributed by atoms with E-state index in [1.54, 1.807) is 11.3 Å². The van der Waals surface area contributed by atoms with Gasteiger partial charge in [0.15, 0.2) is 0 Å². The molecule has 1 aromatic heterocycles. The highest BCUT2D eigenvalue weighted by molar-refractivity contribution is 7.09. The summed E-state index contributed by atoms with van der Waals surface area (Å²) in [6.45, 7) is 1.78. The molecule has 4 nitrogen and oxygen atoms in total. The number of nitrogens with one attached hydrogen (secondary N) is 1. The van der Waals surface area contributed by atoms with E-state index in [4.69, 9.17) is 10.9 Å². The molecule has 0 aromatic carbocycles. The van der Waals surface area contributed by atoms with E-state index in [-0.39, 0.29) is 0 Å². The van der Waals surface area contributed by atoms with E-state index in [9.17, 15) is 0 Å². The average molecular weight is 213 g/mol. The first kappa shape index (κ1) is 11.0. The lowest BCUT2D eigenvalue weighted by Crippen LogP contribution is -2.18. The van der Waals surface area contributed by atoms with Crippen molar-refractivity contribution in [3.05, 3.63) is 22.4 Å². The van der Waals surface area contributed by atoms with Crippen LogP contribution in [0.3, 0.4) is 0 Å². The summed E-state index contributed by atoms with van der Waals surface area (Å²) in [5.41, 5.74) is 5.32. The number of oxime groups is 1. The minimum Gasteiger partial charge on any atom is -0.409 e. The molecule has 0 spiro atoms. The van der Waals surface area contributed by atoms with Crippen LogP contribution in [0.4, 0.5) is 0 Å². The van der Waals surface area contributed by atoms with Crippen molar-refractivity contribution in [2.45, 2.75) is 19.4 Å². The molecule has 4 N–H and O–H groups in total. The van der Waals surface area contributed by atoms with Crippen molar-refractivity contribution < 1.29 is 5.21 Å². The van der Waals surface area contributed by atoms with E-state index in [2.05, 4.69) is 21.9 Å². The van der Waals surface area contributed by atoms with Gasteiger partial charge >= 0.3 is 0 Å². The SMILES string of the molecule is NC(CCCNCc1cccs1)=NO. The highest BCUT2D eigenvalue weighted by Gasteiger charge is 1.94. The molecule has 78 valence electrons. The van der Waals surface area contributed by atoms with Crippen molar-refractivity contribution in [3.8, 4) is 0 Å². The molecule has 0 aliphatic rings. The van der Waals surface area contributed by atoms with Crippen molar-refractivity contribution in [2.24, 2.45) is 10.9 Å². The molecule has 0 atom stereocenters. The van der Waals surface area contributed by atoms with Gasteiger partial charge in [-0.3, -0.25) is 0 Å². The van der Waals surface area contributed by atoms with E-state index >= 15 is 0 Å². The van der Waals surface area contributed by atoms with E-state index in [1.807, 2.05) is 6.07 Å². The fraction of sp³-hybridized carbons (Fsp3) is 0.444. The lowest BCUT2D eigenvalue weighted by molar-refractivity contribution is 0.316. The Morgan fingerprint density at radius 2 is 2.50 bits per heavy atom. The molecule has 0 saturated carbocycles. The number of thiophene rings is 1. The van der Waals surface area contributed by atoms with Crippen molar-refractivity contribution in [1.82, 2.24) is 5.32 Å². The number of nitrogens with two attached hydrogens (primary N) is 1. The van der Waals surface area contributed by atoms with Gasteiger partial charge < -0.3 is 16.3 Å². The average Bonchev–Trinajstić information content (AvgIpc) is 2.69. The van der Waals surface area contributed by atoms with Crippen LogP contribution < -0.4 is 11.1 Å². The van der Waals surface area contributed by atoms with Gasteiger partial charge in [-0.25, -0.2) is 0 Å². The second-order valence-corrected chi connectivity index (χ2v) is 3.98. The largest absolute Gasteiger partial charge is 0.409 e. The molecular weight excluding hydrogens is 198 g/mol. The Bertz CT molecular complexity index is 272. The minimum absolute atomic E-state index is 0.294. The molecule has 0 unspecified atom stereocenters. The molecule has 0 aliphatic carbocycles. The maximum Gasteiger partial charge on any atom is 0.139 e. The van der Waals surface area contributed by atoms with Gasteiger partial charge in [-0.1, -0.05) is 11.2 Å². The lowest BCUT2D eigenvalue weighted by Gasteiger charge is -2.01. The molecule has 0 aliphatic heterocycles. The topological polar surface area (TPSA) is 70.6 Å². The Morgan fingerprint density at radius 3 is 3.14 bits per heavy atom. The number of amidine groups is 1. The fourth-order valence-corrected chi connectivity index (χ4v) is 1.74. The highest BCUT2D eigenvalue weighted by Crippen LogP contribution is 2.07. The monoisotopic (exact) mass is 213 g/mol. The molecule has 0 fully saturated rings. The second kappa shape index (κ2) is 6.39. The van der Waals surface area contributed by atoms with Crippen LogP contribution in [0.2, 0.25) is 0 Å². The van der Waals surface area contributed by atoms with Crippen molar-refractivity contribution >= 4 is 17.2 Å². The Balaban J connectivity index is 2.00. The van der Waals surface area contributed by atoms with Gasteiger partial charge in [0.1, 0.15) is 5.84 Å². The number of nitrogens with zero attached hydrogens (tertiary/aromatic N) is 1. The zero-order valence-electron chi connectivity index (χ0n) is 7.94. The third-order valence-electron chi connectivity index (χ3n) is 1.79. The third-order valence-corrected chi connectivity index (χ3v) is 2.67. The van der Waals surface area contributed by atoms with Crippen LogP contribution >= 0.6 is 11.3 Å². The van der Waals surface area contributed by atoms with Crippen LogP contribution in [0, 0.1) is 0 Å². The summed E-state index contributed by atoms with van der Waals surface area (Å²) in [6, 6.07) is 4.14. The van der Waals surface area contributed by atoms with Gasteiger partial charge in [-0.2, -0.15) is 0 Å². The Kier molecular flexibility index (Phi) is 5.03. The second-order valence-electron chi connectivity index (χ2n) is 2.95. The Hall–Kier alpha value is -1.07. The van der Waals surface area contributed by atoms with Crippen LogP contribution in [0.15, 0.2) is 22.7 Å². The molecule has 5 heteroatoms. The summed E-state index contributed by atoms with van der Waals surface area (Å²) >= 11 is 1.74. The first-order chi connectivity index (χ1) is 6.83. The highest BCUT2D eigenvalue weighted by atomic mass is 32.1. The summed E-state index contributed by atoms with van der Waals surface area (Å²) in [6.07, 6.45) is 1.52. The quantitative estimate of drug-likeness (QED) is 0.220. The van der Waals surface area contributed by atoms with Crippen LogP contribution in [0.1, 0.15) is 17.7 Å². The van der Waals surface area contributed by atoms with E-state index in [0.717, 1.165) is 19.5 Å². The molecule has 0 saturated heterocycles. The van der Waals surface area contributed by atoms with Crippen LogP contribution in [0.25, 0.3) is 0 Å². The van der Waals surface area contributed by atoms with Gasteiger partial charge in [-0.05, 0) is 24.4 Å². The minimum atomic E-state index is 0.294. The third kappa shape index (κ3) is 4.25. The molecular formula is C9H15N3OS. The van der Waals surface area contributed by atoms with Crippen LogP contribution in [-0.2, 0) is 6.54 Å². The molecule has 0 bridgehead atoms. The normalized spacial score (nSPS) is 11.9. The van der Waals surface area contributed by atoms with Crippen LogP contribution in [-0.4, -0.2) is 17.6 Å². The Morgan fingerprint density at radius 1 is 1.64 bits per heavy atom. The number of hydrogen-bond donors (Lipinski definition) is 3. The van der Waals surface area contributed by atoms with Gasteiger partial charge in [0.25, 0.3) is 0 Å². The molecule has 14 heavy (non-hydrogen) atoms. The first-order valence-corrected chi connectivity index (χ1v) is 5.40. The predicted molar refractivity (Wildman–Crippen MR) is 58.7 cm³/mol. The summed E-state index contributed by atoms with van der Waals surface area (Å²) in [5.74, 6) is 0.294. The zero-order valence-corrected chi connectivity index (χ0v) is 8.76. The predicted octanol–water partition coefficient (Wildman–Crippen LogP) is 1.36. The first-order valence-electron chi connectivity index (χ1n) is 4.52. The van der Waals surface area contributed by atoms with E-state index in [1.165, 1.54) is 4.88 Å². The van der Waals surface area contributed by atoms with Crippen molar-refractivity contribution in [3.63, 3.8) is 0 Å². The summed E-state index contributed by atoms with van der Waals surface area (Å²) in [7, 11) is 0. The lowest BCUT2D eigenvalue weighted by atomic mass is 10.3. The Labute approximate surface area is 87.4 Å². The number of rotatable bonds is 6. The number of hydrogen-bond acceptors (Lipinski definition) is 4.